The van der Waals surface area contributed by atoms with Gasteiger partial charge in [0, 0.05) is 12.8 Å². The van der Waals surface area contributed by atoms with E-state index in [2.05, 4.69) is 26.3 Å². The van der Waals surface area contributed by atoms with Crippen molar-refractivity contribution in [2.75, 3.05) is 13.2 Å². The molecule has 0 bridgehead atoms. The minimum Gasteiger partial charge on any atom is -0.481 e. The quantitative estimate of drug-likeness (QED) is 0.104. The van der Waals surface area contributed by atoms with Crippen molar-refractivity contribution in [2.24, 2.45) is 0 Å². The molecule has 0 aromatic rings. The summed E-state index contributed by atoms with van der Waals surface area (Å²) in [6.07, 6.45) is 23.8. The molecule has 0 aliphatic rings. The highest BCUT2D eigenvalue weighted by atomic mass is 16.5. The molecule has 0 saturated heterocycles. The molecule has 0 amide bonds. The van der Waals surface area contributed by atoms with Crippen molar-refractivity contribution in [2.45, 2.75) is 103 Å². The summed E-state index contributed by atoms with van der Waals surface area (Å²) >= 11 is 0. The number of unbranched alkanes of at least 4 members (excludes halogenated alkanes) is 12. The van der Waals surface area contributed by atoms with E-state index in [1.54, 1.807) is 6.08 Å². The molecule has 33 heavy (non-hydrogen) atoms. The molecule has 5 nitrogen and oxygen atoms in total. The third-order valence-electron chi connectivity index (χ3n) is 4.58. The fraction of sp³-hybridized carbons (Fsp3) is 0.643. The van der Waals surface area contributed by atoms with Crippen molar-refractivity contribution in [3.8, 4) is 0 Å². The van der Waals surface area contributed by atoms with E-state index in [4.69, 9.17) is 14.9 Å². The van der Waals surface area contributed by atoms with Crippen LogP contribution in [0.25, 0.3) is 0 Å². The third kappa shape index (κ3) is 44.4. The fourth-order valence-electron chi connectivity index (χ4n) is 2.76. The van der Waals surface area contributed by atoms with E-state index in [0.29, 0.717) is 19.4 Å². The molecular weight excluding hydrogens is 416 g/mol. The Morgan fingerprint density at radius 1 is 0.606 bits per heavy atom. The summed E-state index contributed by atoms with van der Waals surface area (Å²) in [5, 5.41) is 16.1. The van der Waals surface area contributed by atoms with E-state index in [-0.39, 0.29) is 12.6 Å². The number of allylic oxidation sites excluding steroid dienone is 2. The summed E-state index contributed by atoms with van der Waals surface area (Å²) in [4.78, 5) is 21.3. The summed E-state index contributed by atoms with van der Waals surface area (Å²) in [5.74, 6) is -0.779. The minimum absolute atomic E-state index is 0.0833. The number of aliphatic hydroxyl groups excluding tert-OH is 1. The maximum atomic E-state index is 11.1. The molecule has 0 aliphatic carbocycles. The number of carbonyl (C=O) groups excluding carboxylic acids is 1. The van der Waals surface area contributed by atoms with Crippen LogP contribution in [0.4, 0.5) is 0 Å². The van der Waals surface area contributed by atoms with Gasteiger partial charge in [-0.05, 0) is 38.5 Å². The van der Waals surface area contributed by atoms with Gasteiger partial charge in [-0.3, -0.25) is 9.59 Å². The number of rotatable bonds is 21. The number of hydrogen-bond donors (Lipinski definition) is 2. The van der Waals surface area contributed by atoms with Gasteiger partial charge in [0.25, 0.3) is 0 Å². The molecule has 0 atom stereocenters. The van der Waals surface area contributed by atoms with Crippen LogP contribution < -0.4 is 0 Å². The smallest absolute Gasteiger partial charge is 0.306 e. The van der Waals surface area contributed by atoms with Gasteiger partial charge in [-0.1, -0.05) is 82.2 Å². The highest BCUT2D eigenvalue weighted by molar-refractivity contribution is 5.69. The van der Waals surface area contributed by atoms with Crippen LogP contribution in [0.15, 0.2) is 50.6 Å². The van der Waals surface area contributed by atoms with Gasteiger partial charge < -0.3 is 14.9 Å². The van der Waals surface area contributed by atoms with E-state index in [9.17, 15) is 9.59 Å². The number of hydrogen-bond acceptors (Lipinski definition) is 4. The monoisotopic (exact) mass is 466 g/mol. The van der Waals surface area contributed by atoms with E-state index < -0.39 is 5.97 Å². The Morgan fingerprint density at radius 3 is 1.36 bits per heavy atom. The van der Waals surface area contributed by atoms with Crippen molar-refractivity contribution < 1.29 is 24.5 Å². The second-order valence-electron chi connectivity index (χ2n) is 7.73. The Kier molecular flexibility index (Phi) is 37.0. The normalized spacial score (nSPS) is 9.36. The molecule has 0 spiro atoms. The molecule has 2 N–H and O–H groups in total. The van der Waals surface area contributed by atoms with Gasteiger partial charge in [0.2, 0.25) is 0 Å². The fourth-order valence-corrected chi connectivity index (χ4v) is 2.76. The lowest BCUT2D eigenvalue weighted by atomic mass is 10.1. The predicted molar refractivity (Wildman–Crippen MR) is 140 cm³/mol. The average Bonchev–Trinajstić information content (AvgIpc) is 2.81. The van der Waals surface area contributed by atoms with Gasteiger partial charge in [-0.2, -0.15) is 0 Å². The van der Waals surface area contributed by atoms with Gasteiger partial charge in [0.05, 0.1) is 6.61 Å². The molecule has 5 heteroatoms. The highest BCUT2D eigenvalue weighted by Gasteiger charge is 2.00. The SMILES string of the molecule is C=CCCCCCCCCC(=O)O.C=CCCCCCCCCC(=O)OCC=C.C=CCO. The first-order valence-corrected chi connectivity index (χ1v) is 12.4. The maximum absolute atomic E-state index is 11.1. The van der Waals surface area contributed by atoms with Gasteiger partial charge in [-0.25, -0.2) is 0 Å². The Bertz CT molecular complexity index is 471. The molecule has 0 heterocycles. The molecule has 0 aliphatic heterocycles. The van der Waals surface area contributed by atoms with Gasteiger partial charge >= 0.3 is 11.9 Å². The van der Waals surface area contributed by atoms with Crippen molar-refractivity contribution in [3.05, 3.63) is 50.6 Å². The van der Waals surface area contributed by atoms with Crippen molar-refractivity contribution >= 4 is 11.9 Å². The van der Waals surface area contributed by atoms with E-state index in [1.807, 2.05) is 12.2 Å². The van der Waals surface area contributed by atoms with Crippen LogP contribution in [0.5, 0.6) is 0 Å². The Hall–Kier alpha value is -2.14. The number of aliphatic carboxylic acids is 1. The summed E-state index contributed by atoms with van der Waals surface area (Å²) in [6, 6.07) is 0. The molecule has 0 radical (unpaired) electrons. The zero-order valence-corrected chi connectivity index (χ0v) is 21.0. The van der Waals surface area contributed by atoms with Crippen LogP contribution >= 0.6 is 0 Å². The summed E-state index contributed by atoms with van der Waals surface area (Å²) in [7, 11) is 0. The lowest BCUT2D eigenvalue weighted by molar-refractivity contribution is -0.142. The van der Waals surface area contributed by atoms with Gasteiger partial charge in [0.15, 0.2) is 0 Å². The van der Waals surface area contributed by atoms with E-state index in [1.165, 1.54) is 57.4 Å². The zero-order valence-electron chi connectivity index (χ0n) is 21.0. The first-order chi connectivity index (χ1) is 16.0. The summed E-state index contributed by atoms with van der Waals surface area (Å²) in [5.41, 5.74) is 0. The molecule has 0 unspecified atom stereocenters. The number of esters is 1. The van der Waals surface area contributed by atoms with Crippen LogP contribution in [0, 0.1) is 0 Å². The topological polar surface area (TPSA) is 83.8 Å². The zero-order chi connectivity index (χ0) is 25.4. The average molecular weight is 467 g/mol. The van der Waals surface area contributed by atoms with Gasteiger partial charge in [0.1, 0.15) is 6.61 Å². The number of carboxylic acids is 1. The van der Waals surface area contributed by atoms with Crippen LogP contribution in [0.2, 0.25) is 0 Å². The van der Waals surface area contributed by atoms with E-state index in [0.717, 1.165) is 38.5 Å². The first kappa shape index (κ1) is 35.4. The van der Waals surface area contributed by atoms with Crippen LogP contribution in [-0.2, 0) is 14.3 Å². The highest BCUT2D eigenvalue weighted by Crippen LogP contribution is 2.09. The largest absolute Gasteiger partial charge is 0.481 e. The lowest BCUT2D eigenvalue weighted by Gasteiger charge is -2.02. The Balaban J connectivity index is -0.000000476. The van der Waals surface area contributed by atoms with Crippen molar-refractivity contribution in [3.63, 3.8) is 0 Å². The molecule has 192 valence electrons. The van der Waals surface area contributed by atoms with Crippen molar-refractivity contribution in [1.82, 2.24) is 0 Å². The summed E-state index contributed by atoms with van der Waals surface area (Å²) in [6.45, 7) is 14.5. The molecule has 0 aromatic heterocycles. The first-order valence-electron chi connectivity index (χ1n) is 12.4. The number of carbonyl (C=O) groups is 2. The van der Waals surface area contributed by atoms with E-state index >= 15 is 0 Å². The maximum Gasteiger partial charge on any atom is 0.306 e. The lowest BCUT2D eigenvalue weighted by Crippen LogP contribution is -2.03. The van der Waals surface area contributed by atoms with Crippen LogP contribution in [0.3, 0.4) is 0 Å². The second kappa shape index (κ2) is 34.5. The third-order valence-corrected chi connectivity index (χ3v) is 4.58. The molecule has 0 saturated carbocycles. The van der Waals surface area contributed by atoms with Gasteiger partial charge in [-0.15, -0.1) is 19.7 Å². The second-order valence-corrected chi connectivity index (χ2v) is 7.73. The predicted octanol–water partition coefficient (Wildman–Crippen LogP) is 7.56. The standard InChI is InChI=1S/C14H24O2.C11H20O2.C3H6O/c1-3-5-6-7-8-9-10-11-12-14(15)16-13-4-2;1-2-3-4-5-6-7-8-9-10-11(12)13;1-2-3-4/h3-4H,1-2,5-13H2;2H,1,3-10H2,(H,12,13);2,4H,1,3H2. The minimum atomic E-state index is -0.674. The Labute approximate surface area is 203 Å². The summed E-state index contributed by atoms with van der Waals surface area (Å²) < 4.78 is 4.88. The molecule has 0 fully saturated rings. The number of aliphatic hydroxyl groups is 1. The Morgan fingerprint density at radius 2 is 1.00 bits per heavy atom. The van der Waals surface area contributed by atoms with Crippen LogP contribution in [-0.4, -0.2) is 35.4 Å². The van der Waals surface area contributed by atoms with Crippen LogP contribution in [0.1, 0.15) is 103 Å². The molecular formula is C28H50O5. The molecule has 0 aromatic carbocycles. The number of ether oxygens (including phenoxy) is 1. The molecule has 0 rings (SSSR count). The number of carboxylic acid groups (broad SMARTS) is 1. The van der Waals surface area contributed by atoms with Crippen molar-refractivity contribution in [1.29, 1.82) is 0 Å².